The predicted molar refractivity (Wildman–Crippen MR) is 66.7 cm³/mol. The molecule has 106 valence electrons. The first-order valence-corrected chi connectivity index (χ1v) is 6.87. The van der Waals surface area contributed by atoms with Crippen LogP contribution in [0.5, 0.6) is 0 Å². The van der Waals surface area contributed by atoms with Crippen molar-refractivity contribution in [3.05, 3.63) is 54.1 Å². The van der Waals surface area contributed by atoms with Crippen molar-refractivity contribution in [2.75, 3.05) is 0 Å². The SMILES string of the molecule is O=S(=O)(O)c1ccc(-c2ccc(C(F)(F)F)cc2)cc1. The van der Waals surface area contributed by atoms with E-state index in [0.717, 1.165) is 12.1 Å². The molecule has 0 heterocycles. The van der Waals surface area contributed by atoms with E-state index in [1.54, 1.807) is 0 Å². The lowest BCUT2D eigenvalue weighted by atomic mass is 10.0. The first-order chi connectivity index (χ1) is 9.18. The molecule has 2 aromatic rings. The monoisotopic (exact) mass is 302 g/mol. The Hall–Kier alpha value is -1.86. The summed E-state index contributed by atoms with van der Waals surface area (Å²) in [7, 11) is -4.28. The molecule has 0 atom stereocenters. The Kier molecular flexibility index (Phi) is 3.58. The summed E-state index contributed by atoms with van der Waals surface area (Å²) in [6.45, 7) is 0. The Balaban J connectivity index is 2.33. The number of hydrogen-bond donors (Lipinski definition) is 1. The number of benzene rings is 2. The molecule has 0 unspecified atom stereocenters. The first kappa shape index (κ1) is 14.5. The molecule has 1 N–H and O–H groups in total. The summed E-state index contributed by atoms with van der Waals surface area (Å²) in [4.78, 5) is -0.270. The average Bonchev–Trinajstić information content (AvgIpc) is 2.37. The van der Waals surface area contributed by atoms with E-state index in [1.165, 1.54) is 36.4 Å². The molecule has 7 heteroatoms. The minimum atomic E-state index is -4.40. The van der Waals surface area contributed by atoms with Crippen molar-refractivity contribution in [1.29, 1.82) is 0 Å². The van der Waals surface area contributed by atoms with Crippen LogP contribution in [-0.2, 0) is 16.3 Å². The van der Waals surface area contributed by atoms with Crippen molar-refractivity contribution in [3.63, 3.8) is 0 Å². The zero-order valence-electron chi connectivity index (χ0n) is 9.92. The zero-order chi connectivity index (χ0) is 15.0. The van der Waals surface area contributed by atoms with Crippen molar-refractivity contribution < 1.29 is 26.1 Å². The van der Waals surface area contributed by atoms with E-state index in [0.29, 0.717) is 11.1 Å². The van der Waals surface area contributed by atoms with Gasteiger partial charge in [-0.3, -0.25) is 4.55 Å². The largest absolute Gasteiger partial charge is 0.416 e. The van der Waals surface area contributed by atoms with Gasteiger partial charge in [0.25, 0.3) is 10.1 Å². The molecule has 0 saturated heterocycles. The van der Waals surface area contributed by atoms with Crippen molar-refractivity contribution in [1.82, 2.24) is 0 Å². The quantitative estimate of drug-likeness (QED) is 0.862. The molecule has 2 aromatic carbocycles. The molecule has 0 aliphatic carbocycles. The lowest BCUT2D eigenvalue weighted by Gasteiger charge is -2.08. The second-order valence-electron chi connectivity index (χ2n) is 4.07. The summed E-state index contributed by atoms with van der Waals surface area (Å²) in [5, 5.41) is 0. The van der Waals surface area contributed by atoms with Crippen LogP contribution in [0.1, 0.15) is 5.56 Å². The first-order valence-electron chi connectivity index (χ1n) is 5.43. The van der Waals surface area contributed by atoms with Crippen LogP contribution in [-0.4, -0.2) is 13.0 Å². The van der Waals surface area contributed by atoms with E-state index in [4.69, 9.17) is 4.55 Å². The smallest absolute Gasteiger partial charge is 0.282 e. The molecule has 2 rings (SSSR count). The van der Waals surface area contributed by atoms with Gasteiger partial charge in [-0.2, -0.15) is 21.6 Å². The van der Waals surface area contributed by atoms with Gasteiger partial charge < -0.3 is 0 Å². The number of alkyl halides is 3. The maximum absolute atomic E-state index is 12.4. The molecule has 20 heavy (non-hydrogen) atoms. The van der Waals surface area contributed by atoms with Gasteiger partial charge in [-0.25, -0.2) is 0 Å². The predicted octanol–water partition coefficient (Wildman–Crippen LogP) is 3.62. The van der Waals surface area contributed by atoms with Crippen LogP contribution in [0.15, 0.2) is 53.4 Å². The minimum Gasteiger partial charge on any atom is -0.282 e. The van der Waals surface area contributed by atoms with Crippen LogP contribution in [0.4, 0.5) is 13.2 Å². The van der Waals surface area contributed by atoms with Crippen molar-refractivity contribution >= 4 is 10.1 Å². The normalized spacial score (nSPS) is 12.4. The van der Waals surface area contributed by atoms with Gasteiger partial charge in [0.15, 0.2) is 0 Å². The molecule has 0 fully saturated rings. The van der Waals surface area contributed by atoms with E-state index < -0.39 is 21.9 Å². The van der Waals surface area contributed by atoms with E-state index in [9.17, 15) is 21.6 Å². The van der Waals surface area contributed by atoms with Crippen LogP contribution < -0.4 is 0 Å². The second kappa shape index (κ2) is 4.92. The van der Waals surface area contributed by atoms with Gasteiger partial charge in [0.2, 0.25) is 0 Å². The highest BCUT2D eigenvalue weighted by Crippen LogP contribution is 2.31. The number of halogens is 3. The molecular formula is C13H9F3O3S. The summed E-state index contributed by atoms with van der Waals surface area (Å²) >= 11 is 0. The van der Waals surface area contributed by atoms with Gasteiger partial charge in [-0.15, -0.1) is 0 Å². The summed E-state index contributed by atoms with van der Waals surface area (Å²) in [6, 6.07) is 9.68. The molecular weight excluding hydrogens is 293 g/mol. The molecule has 0 saturated carbocycles. The van der Waals surface area contributed by atoms with Gasteiger partial charge in [-0.1, -0.05) is 24.3 Å². The highest BCUT2D eigenvalue weighted by molar-refractivity contribution is 7.85. The molecule has 0 aromatic heterocycles. The maximum Gasteiger partial charge on any atom is 0.416 e. The molecule has 0 aliphatic rings. The van der Waals surface area contributed by atoms with Crippen LogP contribution in [0.3, 0.4) is 0 Å². The van der Waals surface area contributed by atoms with Crippen LogP contribution in [0, 0.1) is 0 Å². The molecule has 0 radical (unpaired) electrons. The summed E-state index contributed by atoms with van der Waals surface area (Å²) < 4.78 is 67.8. The lowest BCUT2D eigenvalue weighted by molar-refractivity contribution is -0.137. The number of hydrogen-bond acceptors (Lipinski definition) is 2. The second-order valence-corrected chi connectivity index (χ2v) is 5.50. The molecule has 3 nitrogen and oxygen atoms in total. The third kappa shape index (κ3) is 3.17. The molecule has 0 bridgehead atoms. The zero-order valence-corrected chi connectivity index (χ0v) is 10.7. The highest BCUT2D eigenvalue weighted by Gasteiger charge is 2.29. The fourth-order valence-electron chi connectivity index (χ4n) is 1.67. The Morgan fingerprint density at radius 2 is 1.20 bits per heavy atom. The molecule has 0 amide bonds. The Bertz CT molecular complexity index is 702. The van der Waals surface area contributed by atoms with E-state index in [2.05, 4.69) is 0 Å². The van der Waals surface area contributed by atoms with Crippen molar-refractivity contribution in [2.24, 2.45) is 0 Å². The van der Waals surface area contributed by atoms with E-state index in [1.807, 2.05) is 0 Å². The fraction of sp³-hybridized carbons (Fsp3) is 0.0769. The minimum absolute atomic E-state index is 0.270. The number of rotatable bonds is 2. The third-order valence-electron chi connectivity index (χ3n) is 2.70. The third-order valence-corrected chi connectivity index (χ3v) is 3.57. The van der Waals surface area contributed by atoms with Crippen molar-refractivity contribution in [3.8, 4) is 11.1 Å². The average molecular weight is 302 g/mol. The van der Waals surface area contributed by atoms with Gasteiger partial charge >= 0.3 is 6.18 Å². The summed E-state index contributed by atoms with van der Waals surface area (Å²) in [5.41, 5.74) is 0.307. The van der Waals surface area contributed by atoms with E-state index in [-0.39, 0.29) is 4.90 Å². The fourth-order valence-corrected chi connectivity index (χ4v) is 2.15. The van der Waals surface area contributed by atoms with Crippen LogP contribution in [0.25, 0.3) is 11.1 Å². The lowest BCUT2D eigenvalue weighted by Crippen LogP contribution is -2.04. The standard InChI is InChI=1S/C13H9F3O3S/c14-13(15,16)11-5-1-9(2-6-11)10-3-7-12(8-4-10)20(17,18)19/h1-8H,(H,17,18,19). The van der Waals surface area contributed by atoms with Gasteiger partial charge in [0.1, 0.15) is 0 Å². The Morgan fingerprint density at radius 1 is 0.800 bits per heavy atom. The van der Waals surface area contributed by atoms with Crippen LogP contribution in [0.2, 0.25) is 0 Å². The van der Waals surface area contributed by atoms with Gasteiger partial charge in [0.05, 0.1) is 10.5 Å². The van der Waals surface area contributed by atoms with Crippen molar-refractivity contribution in [2.45, 2.75) is 11.1 Å². The maximum atomic E-state index is 12.4. The van der Waals surface area contributed by atoms with Gasteiger partial charge in [-0.05, 0) is 35.4 Å². The summed E-state index contributed by atoms with van der Waals surface area (Å²) in [6.07, 6.45) is -4.40. The highest BCUT2D eigenvalue weighted by atomic mass is 32.2. The molecule has 0 spiro atoms. The van der Waals surface area contributed by atoms with E-state index >= 15 is 0 Å². The molecule has 0 aliphatic heterocycles. The Morgan fingerprint density at radius 3 is 1.55 bits per heavy atom. The Labute approximate surface area is 113 Å². The van der Waals surface area contributed by atoms with Crippen LogP contribution >= 0.6 is 0 Å². The topological polar surface area (TPSA) is 54.4 Å². The van der Waals surface area contributed by atoms with Gasteiger partial charge in [0, 0.05) is 0 Å². The summed E-state index contributed by atoms with van der Waals surface area (Å²) in [5.74, 6) is 0.